The molecule has 0 bridgehead atoms. The van der Waals surface area contributed by atoms with Gasteiger partial charge in [0.2, 0.25) is 5.91 Å². The zero-order chi connectivity index (χ0) is 23.9. The lowest BCUT2D eigenvalue weighted by molar-refractivity contribution is -0.125. The molecular formula is C27H32N4O2S. The van der Waals surface area contributed by atoms with E-state index in [-0.39, 0.29) is 11.8 Å². The molecule has 0 unspecified atom stereocenters. The Morgan fingerprint density at radius 1 is 1.09 bits per heavy atom. The summed E-state index contributed by atoms with van der Waals surface area (Å²) in [5, 5.41) is 4.03. The van der Waals surface area contributed by atoms with Gasteiger partial charge in [-0.05, 0) is 68.5 Å². The highest BCUT2D eigenvalue weighted by atomic mass is 32.2. The summed E-state index contributed by atoms with van der Waals surface area (Å²) >= 11 is 1.67. The minimum absolute atomic E-state index is 0.0320. The number of hydrogen-bond acceptors (Lipinski definition) is 6. The van der Waals surface area contributed by atoms with E-state index in [4.69, 9.17) is 4.74 Å². The van der Waals surface area contributed by atoms with Crippen molar-refractivity contribution in [1.29, 1.82) is 0 Å². The summed E-state index contributed by atoms with van der Waals surface area (Å²) in [5.41, 5.74) is 3.56. The number of anilines is 1. The zero-order valence-electron chi connectivity index (χ0n) is 20.1. The summed E-state index contributed by atoms with van der Waals surface area (Å²) in [6.45, 7) is 9.00. The molecule has 34 heavy (non-hydrogen) atoms. The summed E-state index contributed by atoms with van der Waals surface area (Å²) < 4.78 is 5.47. The third-order valence-corrected chi connectivity index (χ3v) is 7.17. The number of aryl methyl sites for hydroxylation is 2. The number of carbonyl (C=O) groups excluding carboxylic acids is 1. The van der Waals surface area contributed by atoms with E-state index in [1.54, 1.807) is 18.1 Å². The zero-order valence-corrected chi connectivity index (χ0v) is 20.9. The van der Waals surface area contributed by atoms with Crippen molar-refractivity contribution in [3.05, 3.63) is 71.5 Å². The van der Waals surface area contributed by atoms with Crippen LogP contribution in [0.15, 0.2) is 64.8 Å². The van der Waals surface area contributed by atoms with Gasteiger partial charge in [-0.1, -0.05) is 36.0 Å². The maximum Gasteiger partial charge on any atom is 0.223 e. The number of carbonyl (C=O) groups is 1. The number of benzene rings is 2. The lowest BCUT2D eigenvalue weighted by Crippen LogP contribution is -2.40. The first-order valence-electron chi connectivity index (χ1n) is 11.8. The first-order chi connectivity index (χ1) is 16.5. The average molecular weight is 477 g/mol. The number of hydrogen-bond donors (Lipinski definition) is 1. The predicted octanol–water partition coefficient (Wildman–Crippen LogP) is 5.18. The monoisotopic (exact) mass is 476 g/mol. The van der Waals surface area contributed by atoms with Crippen LogP contribution >= 0.6 is 11.8 Å². The van der Waals surface area contributed by atoms with E-state index < -0.39 is 0 Å². The molecule has 1 aliphatic heterocycles. The fourth-order valence-electron chi connectivity index (χ4n) is 4.06. The fourth-order valence-corrected chi connectivity index (χ4v) is 5.03. The third-order valence-electron chi connectivity index (χ3n) is 6.08. The number of piperidine rings is 1. The maximum atomic E-state index is 12.7. The molecule has 0 spiro atoms. The van der Waals surface area contributed by atoms with E-state index in [0.29, 0.717) is 13.2 Å². The van der Waals surface area contributed by atoms with Crippen LogP contribution in [-0.2, 0) is 11.3 Å². The Balaban J connectivity index is 1.29. The van der Waals surface area contributed by atoms with Crippen molar-refractivity contribution in [2.24, 2.45) is 5.92 Å². The normalized spacial score (nSPS) is 14.1. The summed E-state index contributed by atoms with van der Waals surface area (Å²) in [7, 11) is 0. The van der Waals surface area contributed by atoms with Crippen molar-refractivity contribution < 1.29 is 9.53 Å². The number of aromatic nitrogens is 2. The van der Waals surface area contributed by atoms with Crippen LogP contribution in [0.3, 0.4) is 0 Å². The van der Waals surface area contributed by atoms with E-state index in [1.165, 1.54) is 16.0 Å². The van der Waals surface area contributed by atoms with E-state index >= 15 is 0 Å². The highest BCUT2D eigenvalue weighted by Gasteiger charge is 2.25. The van der Waals surface area contributed by atoms with Gasteiger partial charge in [-0.15, -0.1) is 0 Å². The summed E-state index contributed by atoms with van der Waals surface area (Å²) in [5.74, 6) is 1.94. The first-order valence-corrected chi connectivity index (χ1v) is 12.6. The SMILES string of the molecule is CCOc1ccc(CNC(=O)C2CCN(c3cc(Sc4cc(C)ccc4C)ncn3)CC2)cc1. The number of nitrogens with one attached hydrogen (secondary N) is 1. The molecular weight excluding hydrogens is 444 g/mol. The van der Waals surface area contributed by atoms with Crippen LogP contribution in [0.25, 0.3) is 0 Å². The maximum absolute atomic E-state index is 12.7. The van der Waals surface area contributed by atoms with Gasteiger partial charge in [0, 0.05) is 36.5 Å². The average Bonchev–Trinajstić information content (AvgIpc) is 2.86. The highest BCUT2D eigenvalue weighted by molar-refractivity contribution is 7.99. The Hall–Kier alpha value is -3.06. The molecule has 2 aromatic carbocycles. The summed E-state index contributed by atoms with van der Waals surface area (Å²) in [4.78, 5) is 25.2. The van der Waals surface area contributed by atoms with Crippen LogP contribution in [0, 0.1) is 19.8 Å². The van der Waals surface area contributed by atoms with Crippen LogP contribution in [0.4, 0.5) is 5.82 Å². The van der Waals surface area contributed by atoms with Gasteiger partial charge < -0.3 is 15.0 Å². The Morgan fingerprint density at radius 3 is 2.59 bits per heavy atom. The van der Waals surface area contributed by atoms with Gasteiger partial charge in [-0.2, -0.15) is 0 Å². The molecule has 0 aliphatic carbocycles. The van der Waals surface area contributed by atoms with Gasteiger partial charge in [0.25, 0.3) is 0 Å². The first kappa shape index (κ1) is 24.1. The molecule has 4 rings (SSSR count). The van der Waals surface area contributed by atoms with Crippen molar-refractivity contribution in [3.63, 3.8) is 0 Å². The second kappa shape index (κ2) is 11.4. The molecule has 2 heterocycles. The van der Waals surface area contributed by atoms with Crippen LogP contribution in [0.2, 0.25) is 0 Å². The highest BCUT2D eigenvalue weighted by Crippen LogP contribution is 2.31. The molecule has 3 aromatic rings. The molecule has 7 heteroatoms. The predicted molar refractivity (Wildman–Crippen MR) is 136 cm³/mol. The molecule has 0 radical (unpaired) electrons. The number of nitrogens with zero attached hydrogens (tertiary/aromatic N) is 3. The summed E-state index contributed by atoms with van der Waals surface area (Å²) in [6.07, 6.45) is 3.27. The van der Waals surface area contributed by atoms with Gasteiger partial charge in [0.1, 0.15) is 22.9 Å². The van der Waals surface area contributed by atoms with Gasteiger partial charge in [0.15, 0.2) is 0 Å². The molecule has 1 fully saturated rings. The lowest BCUT2D eigenvalue weighted by atomic mass is 9.96. The fraction of sp³-hybridized carbons (Fsp3) is 0.370. The molecule has 0 atom stereocenters. The second-order valence-corrected chi connectivity index (χ2v) is 9.70. The minimum atomic E-state index is 0.0320. The molecule has 1 aliphatic rings. The van der Waals surface area contributed by atoms with Crippen molar-refractivity contribution in [2.45, 2.75) is 50.1 Å². The van der Waals surface area contributed by atoms with E-state index in [2.05, 4.69) is 58.3 Å². The third kappa shape index (κ3) is 6.29. The quantitative estimate of drug-likeness (QED) is 0.452. The smallest absolute Gasteiger partial charge is 0.223 e. The largest absolute Gasteiger partial charge is 0.494 e. The van der Waals surface area contributed by atoms with Gasteiger partial charge in [-0.3, -0.25) is 4.79 Å². The van der Waals surface area contributed by atoms with Crippen LogP contribution in [-0.4, -0.2) is 35.6 Å². The molecule has 1 saturated heterocycles. The Bertz CT molecular complexity index is 1110. The Labute approximate surface area is 206 Å². The minimum Gasteiger partial charge on any atom is -0.494 e. The second-order valence-electron chi connectivity index (χ2n) is 8.64. The summed E-state index contributed by atoms with van der Waals surface area (Å²) in [6, 6.07) is 16.4. The van der Waals surface area contributed by atoms with Gasteiger partial charge in [-0.25, -0.2) is 9.97 Å². The number of amides is 1. The van der Waals surface area contributed by atoms with E-state index in [9.17, 15) is 4.79 Å². The molecule has 6 nitrogen and oxygen atoms in total. The van der Waals surface area contributed by atoms with E-state index in [1.807, 2.05) is 31.2 Å². The van der Waals surface area contributed by atoms with Crippen LogP contribution < -0.4 is 15.0 Å². The van der Waals surface area contributed by atoms with Gasteiger partial charge in [0.05, 0.1) is 6.61 Å². The van der Waals surface area contributed by atoms with Crippen molar-refractivity contribution in [3.8, 4) is 5.75 Å². The molecule has 1 N–H and O–H groups in total. The molecule has 1 amide bonds. The van der Waals surface area contributed by atoms with Crippen molar-refractivity contribution >= 4 is 23.5 Å². The van der Waals surface area contributed by atoms with Crippen LogP contribution in [0.5, 0.6) is 5.75 Å². The van der Waals surface area contributed by atoms with Gasteiger partial charge >= 0.3 is 0 Å². The van der Waals surface area contributed by atoms with Crippen molar-refractivity contribution in [1.82, 2.24) is 15.3 Å². The Kier molecular flexibility index (Phi) is 8.06. The molecule has 178 valence electrons. The molecule has 1 aromatic heterocycles. The number of ether oxygens (including phenoxy) is 1. The van der Waals surface area contributed by atoms with Crippen molar-refractivity contribution in [2.75, 3.05) is 24.6 Å². The topological polar surface area (TPSA) is 67.3 Å². The molecule has 0 saturated carbocycles. The standard InChI is InChI=1S/C27H32N4O2S/c1-4-33-23-9-7-21(8-10-23)17-28-27(32)22-11-13-31(14-12-22)25-16-26(30-18-29-25)34-24-15-19(2)5-6-20(24)3/h5-10,15-16,18,22H,4,11-14,17H2,1-3H3,(H,28,32). The Morgan fingerprint density at radius 2 is 1.85 bits per heavy atom. The number of rotatable bonds is 8. The van der Waals surface area contributed by atoms with Crippen LogP contribution in [0.1, 0.15) is 36.5 Å². The van der Waals surface area contributed by atoms with E-state index in [0.717, 1.165) is 48.1 Å². The lowest BCUT2D eigenvalue weighted by Gasteiger charge is -2.32.